The second-order valence-corrected chi connectivity index (χ2v) is 6.40. The SMILES string of the molecule is Cc1cccc(C(=O)N2CC(CCl)OC(C)(C)C2)c1C. The molecule has 1 amide bonds. The zero-order valence-electron chi connectivity index (χ0n) is 12.6. The van der Waals surface area contributed by atoms with Gasteiger partial charge in [-0.05, 0) is 44.9 Å². The molecule has 20 heavy (non-hydrogen) atoms. The van der Waals surface area contributed by atoms with Crippen LogP contribution in [0.25, 0.3) is 0 Å². The van der Waals surface area contributed by atoms with E-state index in [0.29, 0.717) is 19.0 Å². The summed E-state index contributed by atoms with van der Waals surface area (Å²) < 4.78 is 5.87. The zero-order valence-corrected chi connectivity index (χ0v) is 13.3. The number of carbonyl (C=O) groups excluding carboxylic acids is 1. The standard InChI is InChI=1S/C16H22ClNO2/c1-11-6-5-7-14(12(11)2)15(19)18-9-13(8-17)20-16(3,4)10-18/h5-7,13H,8-10H2,1-4H3. The van der Waals surface area contributed by atoms with Gasteiger partial charge in [-0.3, -0.25) is 4.79 Å². The van der Waals surface area contributed by atoms with Crippen molar-refractivity contribution < 1.29 is 9.53 Å². The van der Waals surface area contributed by atoms with Gasteiger partial charge in [-0.1, -0.05) is 12.1 Å². The van der Waals surface area contributed by atoms with E-state index in [2.05, 4.69) is 0 Å². The molecule has 1 aromatic rings. The van der Waals surface area contributed by atoms with Crippen LogP contribution in [-0.2, 0) is 4.74 Å². The molecular formula is C16H22ClNO2. The van der Waals surface area contributed by atoms with E-state index in [1.807, 2.05) is 50.8 Å². The second kappa shape index (κ2) is 5.74. The fourth-order valence-corrected chi connectivity index (χ4v) is 2.84. The lowest BCUT2D eigenvalue weighted by molar-refractivity contribution is -0.117. The molecule has 1 atom stereocenters. The number of hydrogen-bond donors (Lipinski definition) is 0. The van der Waals surface area contributed by atoms with Gasteiger partial charge in [0, 0.05) is 18.7 Å². The van der Waals surface area contributed by atoms with Crippen LogP contribution in [-0.4, -0.2) is 41.5 Å². The van der Waals surface area contributed by atoms with E-state index < -0.39 is 0 Å². The number of hydrogen-bond acceptors (Lipinski definition) is 2. The Bertz CT molecular complexity index is 513. The minimum atomic E-state index is -0.356. The van der Waals surface area contributed by atoms with E-state index in [1.165, 1.54) is 0 Å². The van der Waals surface area contributed by atoms with Crippen molar-refractivity contribution in [1.29, 1.82) is 0 Å². The van der Waals surface area contributed by atoms with Gasteiger partial charge in [0.1, 0.15) is 0 Å². The highest BCUT2D eigenvalue weighted by Crippen LogP contribution is 2.24. The van der Waals surface area contributed by atoms with E-state index in [4.69, 9.17) is 16.3 Å². The Hall–Kier alpha value is -1.06. The number of alkyl halides is 1. The molecule has 0 N–H and O–H groups in total. The second-order valence-electron chi connectivity index (χ2n) is 6.09. The van der Waals surface area contributed by atoms with Gasteiger partial charge in [-0.15, -0.1) is 11.6 Å². The first-order valence-corrected chi connectivity index (χ1v) is 7.47. The van der Waals surface area contributed by atoms with Crippen molar-refractivity contribution in [3.63, 3.8) is 0 Å². The molecule has 3 nitrogen and oxygen atoms in total. The summed E-state index contributed by atoms with van der Waals surface area (Å²) in [7, 11) is 0. The number of halogens is 1. The van der Waals surface area contributed by atoms with Crippen molar-refractivity contribution in [3.05, 3.63) is 34.9 Å². The molecule has 0 bridgehead atoms. The molecule has 0 aromatic heterocycles. The van der Waals surface area contributed by atoms with Crippen LogP contribution < -0.4 is 0 Å². The summed E-state index contributed by atoms with van der Waals surface area (Å²) >= 11 is 5.92. The number of aryl methyl sites for hydroxylation is 1. The molecule has 4 heteroatoms. The Labute approximate surface area is 125 Å². The Morgan fingerprint density at radius 1 is 1.45 bits per heavy atom. The van der Waals surface area contributed by atoms with Gasteiger partial charge >= 0.3 is 0 Å². The predicted octanol–water partition coefficient (Wildman–Crippen LogP) is 3.16. The first-order valence-electron chi connectivity index (χ1n) is 6.93. The molecule has 0 aliphatic carbocycles. The number of carbonyl (C=O) groups is 1. The van der Waals surface area contributed by atoms with Crippen LogP contribution in [0.4, 0.5) is 0 Å². The van der Waals surface area contributed by atoms with Gasteiger partial charge < -0.3 is 9.64 Å². The third kappa shape index (κ3) is 3.15. The molecule has 1 aromatic carbocycles. The molecule has 0 saturated carbocycles. The highest BCUT2D eigenvalue weighted by molar-refractivity contribution is 6.18. The molecule has 1 aliphatic rings. The minimum absolute atomic E-state index is 0.0673. The van der Waals surface area contributed by atoms with E-state index in [1.54, 1.807) is 0 Å². The third-order valence-corrected chi connectivity index (χ3v) is 4.12. The Morgan fingerprint density at radius 3 is 2.80 bits per heavy atom. The first-order chi connectivity index (χ1) is 9.34. The Balaban J connectivity index is 2.26. The zero-order chi connectivity index (χ0) is 14.9. The maximum Gasteiger partial charge on any atom is 0.254 e. The van der Waals surface area contributed by atoms with Crippen LogP contribution in [0.3, 0.4) is 0 Å². The summed E-state index contributed by atoms with van der Waals surface area (Å²) in [6, 6.07) is 5.85. The van der Waals surface area contributed by atoms with Crippen molar-refractivity contribution in [2.24, 2.45) is 0 Å². The lowest BCUT2D eigenvalue weighted by atomic mass is 10.00. The number of amides is 1. The maximum absolute atomic E-state index is 12.7. The number of ether oxygens (including phenoxy) is 1. The van der Waals surface area contributed by atoms with Crippen molar-refractivity contribution in [1.82, 2.24) is 4.90 Å². The first kappa shape index (κ1) is 15.3. The molecule has 2 rings (SSSR count). The highest BCUT2D eigenvalue weighted by Gasteiger charge is 2.35. The molecule has 1 fully saturated rings. The molecular weight excluding hydrogens is 274 g/mol. The van der Waals surface area contributed by atoms with Crippen LogP contribution in [0, 0.1) is 13.8 Å². The van der Waals surface area contributed by atoms with E-state index >= 15 is 0 Å². The summed E-state index contributed by atoms with van der Waals surface area (Å²) in [5.41, 5.74) is 2.60. The average Bonchev–Trinajstić information content (AvgIpc) is 2.39. The molecule has 1 heterocycles. The largest absolute Gasteiger partial charge is 0.367 e. The molecule has 1 unspecified atom stereocenters. The van der Waals surface area contributed by atoms with Crippen molar-refractivity contribution >= 4 is 17.5 Å². The number of rotatable bonds is 2. The highest BCUT2D eigenvalue weighted by atomic mass is 35.5. The lowest BCUT2D eigenvalue weighted by Gasteiger charge is -2.42. The fraction of sp³-hybridized carbons (Fsp3) is 0.562. The summed E-state index contributed by atoms with van der Waals surface area (Å²) in [6.45, 7) is 9.15. The Morgan fingerprint density at radius 2 is 2.15 bits per heavy atom. The van der Waals surface area contributed by atoms with Crippen LogP contribution in [0.15, 0.2) is 18.2 Å². The van der Waals surface area contributed by atoms with Gasteiger partial charge in [-0.25, -0.2) is 0 Å². The smallest absolute Gasteiger partial charge is 0.254 e. The fourth-order valence-electron chi connectivity index (χ4n) is 2.68. The summed E-state index contributed by atoms with van der Waals surface area (Å²) in [5, 5.41) is 0. The van der Waals surface area contributed by atoms with E-state index in [9.17, 15) is 4.79 Å². The Kier molecular flexibility index (Phi) is 4.40. The van der Waals surface area contributed by atoms with Gasteiger partial charge in [0.2, 0.25) is 0 Å². The van der Waals surface area contributed by atoms with Gasteiger partial charge in [0.25, 0.3) is 5.91 Å². The van der Waals surface area contributed by atoms with Crippen LogP contribution in [0.2, 0.25) is 0 Å². The monoisotopic (exact) mass is 295 g/mol. The summed E-state index contributed by atoms with van der Waals surface area (Å²) in [6.07, 6.45) is -0.102. The van der Waals surface area contributed by atoms with E-state index in [0.717, 1.165) is 16.7 Å². The summed E-state index contributed by atoms with van der Waals surface area (Å²) in [5.74, 6) is 0.470. The van der Waals surface area contributed by atoms with Gasteiger partial charge in [0.05, 0.1) is 17.6 Å². The molecule has 110 valence electrons. The van der Waals surface area contributed by atoms with Crippen molar-refractivity contribution in [2.45, 2.75) is 39.4 Å². The average molecular weight is 296 g/mol. The van der Waals surface area contributed by atoms with Crippen LogP contribution in [0.1, 0.15) is 35.3 Å². The van der Waals surface area contributed by atoms with Crippen molar-refractivity contribution in [2.75, 3.05) is 19.0 Å². The van der Waals surface area contributed by atoms with E-state index in [-0.39, 0.29) is 17.6 Å². The van der Waals surface area contributed by atoms with Crippen LogP contribution in [0.5, 0.6) is 0 Å². The van der Waals surface area contributed by atoms with Crippen molar-refractivity contribution in [3.8, 4) is 0 Å². The number of benzene rings is 1. The normalized spacial score (nSPS) is 21.9. The number of morpholine rings is 1. The summed E-state index contributed by atoms with van der Waals surface area (Å²) in [4.78, 5) is 14.6. The molecule has 0 radical (unpaired) electrons. The minimum Gasteiger partial charge on any atom is -0.367 e. The quantitative estimate of drug-likeness (QED) is 0.784. The van der Waals surface area contributed by atoms with Crippen LogP contribution >= 0.6 is 11.6 Å². The predicted molar refractivity (Wildman–Crippen MR) is 81.5 cm³/mol. The molecule has 1 saturated heterocycles. The molecule has 0 spiro atoms. The third-order valence-electron chi connectivity index (χ3n) is 3.78. The number of nitrogens with zero attached hydrogens (tertiary/aromatic N) is 1. The lowest BCUT2D eigenvalue weighted by Crippen LogP contribution is -2.55. The van der Waals surface area contributed by atoms with Gasteiger partial charge in [-0.2, -0.15) is 0 Å². The molecule has 1 aliphatic heterocycles. The topological polar surface area (TPSA) is 29.5 Å². The maximum atomic E-state index is 12.7. The van der Waals surface area contributed by atoms with Gasteiger partial charge in [0.15, 0.2) is 0 Å².